The molecule has 3 aliphatic rings. The van der Waals surface area contributed by atoms with Crippen molar-refractivity contribution in [2.75, 3.05) is 12.0 Å². The highest BCUT2D eigenvalue weighted by molar-refractivity contribution is 6.23. The third kappa shape index (κ3) is 2.74. The Morgan fingerprint density at radius 1 is 0.966 bits per heavy atom. The Morgan fingerprint density at radius 3 is 2.34 bits per heavy atom. The zero-order valence-corrected chi connectivity index (χ0v) is 16.0. The van der Waals surface area contributed by atoms with Gasteiger partial charge in [-0.25, -0.2) is 9.69 Å². The van der Waals surface area contributed by atoms with Gasteiger partial charge in [-0.05, 0) is 61.4 Å². The van der Waals surface area contributed by atoms with Crippen molar-refractivity contribution in [3.05, 3.63) is 54.1 Å². The van der Waals surface area contributed by atoms with E-state index in [-0.39, 0.29) is 29.4 Å². The number of para-hydroxylation sites is 2. The van der Waals surface area contributed by atoms with Crippen LogP contribution in [0.5, 0.6) is 11.5 Å². The van der Waals surface area contributed by atoms with Gasteiger partial charge < -0.3 is 9.47 Å². The van der Waals surface area contributed by atoms with Crippen molar-refractivity contribution in [1.29, 1.82) is 0 Å². The van der Waals surface area contributed by atoms with Crippen LogP contribution in [0.3, 0.4) is 0 Å². The summed E-state index contributed by atoms with van der Waals surface area (Å²) < 4.78 is 10.7. The molecule has 3 fully saturated rings. The fraction of sp³-hybridized carbons (Fsp3) is 0.348. The summed E-state index contributed by atoms with van der Waals surface area (Å²) in [5.74, 6) is 0.0304. The maximum Gasteiger partial charge on any atom is 0.343 e. The van der Waals surface area contributed by atoms with Crippen molar-refractivity contribution in [1.82, 2.24) is 0 Å². The topological polar surface area (TPSA) is 72.9 Å². The molecule has 0 unspecified atom stereocenters. The third-order valence-electron chi connectivity index (χ3n) is 6.54. The van der Waals surface area contributed by atoms with Crippen LogP contribution in [0.1, 0.15) is 29.6 Å². The predicted molar refractivity (Wildman–Crippen MR) is 105 cm³/mol. The molecule has 6 nitrogen and oxygen atoms in total. The van der Waals surface area contributed by atoms with Crippen LogP contribution in [0.15, 0.2) is 48.5 Å². The van der Waals surface area contributed by atoms with Crippen LogP contribution < -0.4 is 14.4 Å². The Kier molecular flexibility index (Phi) is 4.15. The van der Waals surface area contributed by atoms with Crippen molar-refractivity contribution >= 4 is 23.5 Å². The lowest BCUT2D eigenvalue weighted by atomic mass is 9.81. The number of fused-ring (bicyclic) bond motifs is 5. The number of carbonyl (C=O) groups is 3. The molecule has 2 aromatic carbocycles. The second-order valence-electron chi connectivity index (χ2n) is 7.99. The molecule has 2 aliphatic carbocycles. The van der Waals surface area contributed by atoms with Gasteiger partial charge in [-0.3, -0.25) is 9.59 Å². The molecule has 2 amide bonds. The average Bonchev–Trinajstić information content (AvgIpc) is 3.42. The minimum atomic E-state index is -0.573. The average molecular weight is 391 g/mol. The summed E-state index contributed by atoms with van der Waals surface area (Å²) in [5, 5.41) is 0. The number of rotatable bonds is 4. The minimum Gasteiger partial charge on any atom is -0.497 e. The van der Waals surface area contributed by atoms with E-state index in [4.69, 9.17) is 9.47 Å². The number of amides is 2. The molecule has 5 rings (SSSR count). The minimum absolute atomic E-state index is 0.155. The first-order valence-electron chi connectivity index (χ1n) is 9.91. The molecule has 148 valence electrons. The predicted octanol–water partition coefficient (Wildman–Crippen LogP) is 3.45. The third-order valence-corrected chi connectivity index (χ3v) is 6.54. The largest absolute Gasteiger partial charge is 0.497 e. The van der Waals surface area contributed by atoms with Gasteiger partial charge in [0.2, 0.25) is 11.8 Å². The van der Waals surface area contributed by atoms with Gasteiger partial charge >= 0.3 is 5.97 Å². The summed E-state index contributed by atoms with van der Waals surface area (Å²) in [6, 6.07) is 13.4. The van der Waals surface area contributed by atoms with Gasteiger partial charge in [0.15, 0.2) is 5.75 Å². The molecule has 0 radical (unpaired) electrons. The van der Waals surface area contributed by atoms with Crippen LogP contribution in [0.25, 0.3) is 0 Å². The Morgan fingerprint density at radius 2 is 1.66 bits per heavy atom. The number of anilines is 1. The fourth-order valence-electron chi connectivity index (χ4n) is 5.28. The summed E-state index contributed by atoms with van der Waals surface area (Å²) in [4.78, 5) is 40.2. The van der Waals surface area contributed by atoms with E-state index in [0.29, 0.717) is 28.8 Å². The van der Waals surface area contributed by atoms with Gasteiger partial charge in [0.1, 0.15) is 5.75 Å². The van der Waals surface area contributed by atoms with E-state index < -0.39 is 5.97 Å². The Hall–Kier alpha value is -3.15. The Labute approximate surface area is 168 Å². The van der Waals surface area contributed by atoms with Crippen LogP contribution >= 0.6 is 0 Å². The standard InChI is InChI=1S/C23H21NO5/c1-28-16-6-4-5-15(12-16)23(27)29-18-8-3-2-7-17(18)24-21(25)19-13-9-10-14(11-13)20(19)22(24)26/h2-8,12-14,19-20H,9-11H2,1H3/t13-,14-,19+,20+/m0/s1. The molecular formula is C23H21NO5. The number of hydrogen-bond donors (Lipinski definition) is 0. The molecule has 0 N–H and O–H groups in total. The van der Waals surface area contributed by atoms with E-state index in [2.05, 4.69) is 0 Å². The van der Waals surface area contributed by atoms with Gasteiger partial charge in [0.05, 0.1) is 30.2 Å². The molecule has 1 heterocycles. The quantitative estimate of drug-likeness (QED) is 0.453. The van der Waals surface area contributed by atoms with Crippen molar-refractivity contribution < 1.29 is 23.9 Å². The number of imide groups is 1. The first-order chi connectivity index (χ1) is 14.1. The van der Waals surface area contributed by atoms with Crippen LogP contribution in [-0.4, -0.2) is 24.9 Å². The van der Waals surface area contributed by atoms with Crippen LogP contribution in [-0.2, 0) is 9.59 Å². The molecule has 0 aromatic heterocycles. The maximum absolute atomic E-state index is 13.1. The molecule has 2 saturated carbocycles. The lowest BCUT2D eigenvalue weighted by Crippen LogP contribution is -2.33. The monoisotopic (exact) mass is 391 g/mol. The SMILES string of the molecule is COc1cccc(C(=O)Oc2ccccc2N2C(=O)[C@@H]3[C@H]4CC[C@@H](C4)[C@H]3C2=O)c1. The molecule has 29 heavy (non-hydrogen) atoms. The van der Waals surface area contributed by atoms with E-state index in [1.54, 1.807) is 48.5 Å². The molecule has 1 aliphatic heterocycles. The zero-order chi connectivity index (χ0) is 20.1. The van der Waals surface area contributed by atoms with E-state index in [1.807, 2.05) is 0 Å². The molecule has 2 aromatic rings. The number of benzene rings is 2. The molecule has 0 spiro atoms. The number of nitrogens with zero attached hydrogens (tertiary/aromatic N) is 1. The highest BCUT2D eigenvalue weighted by Gasteiger charge is 2.61. The van der Waals surface area contributed by atoms with Gasteiger partial charge in [-0.2, -0.15) is 0 Å². The van der Waals surface area contributed by atoms with Gasteiger partial charge in [0, 0.05) is 0 Å². The van der Waals surface area contributed by atoms with Crippen LogP contribution in [0.4, 0.5) is 5.69 Å². The smallest absolute Gasteiger partial charge is 0.343 e. The molecular weight excluding hydrogens is 370 g/mol. The second-order valence-corrected chi connectivity index (χ2v) is 7.99. The first-order valence-corrected chi connectivity index (χ1v) is 9.91. The molecule has 6 heteroatoms. The second kappa shape index (κ2) is 6.72. The van der Waals surface area contributed by atoms with Crippen molar-refractivity contribution in [3.8, 4) is 11.5 Å². The normalized spacial score (nSPS) is 27.3. The van der Waals surface area contributed by atoms with Crippen molar-refractivity contribution in [2.45, 2.75) is 19.3 Å². The number of methoxy groups -OCH3 is 1. The van der Waals surface area contributed by atoms with Gasteiger partial charge in [-0.15, -0.1) is 0 Å². The summed E-state index contributed by atoms with van der Waals surface area (Å²) >= 11 is 0. The number of esters is 1. The van der Waals surface area contributed by atoms with Crippen LogP contribution in [0, 0.1) is 23.7 Å². The van der Waals surface area contributed by atoms with Crippen LogP contribution in [0.2, 0.25) is 0 Å². The first kappa shape index (κ1) is 17.9. The Bertz CT molecular complexity index is 988. The van der Waals surface area contributed by atoms with Crippen molar-refractivity contribution in [3.63, 3.8) is 0 Å². The number of carbonyl (C=O) groups excluding carboxylic acids is 3. The van der Waals surface area contributed by atoms with E-state index in [1.165, 1.54) is 12.0 Å². The number of hydrogen-bond acceptors (Lipinski definition) is 5. The highest BCUT2D eigenvalue weighted by Crippen LogP contribution is 2.57. The fourth-order valence-corrected chi connectivity index (χ4v) is 5.28. The summed E-state index contributed by atoms with van der Waals surface area (Å²) in [6.45, 7) is 0. The summed E-state index contributed by atoms with van der Waals surface area (Å²) in [7, 11) is 1.52. The zero-order valence-electron chi connectivity index (χ0n) is 16.0. The molecule has 2 bridgehead atoms. The van der Waals surface area contributed by atoms with Crippen molar-refractivity contribution in [2.24, 2.45) is 23.7 Å². The van der Waals surface area contributed by atoms with E-state index >= 15 is 0 Å². The van der Waals surface area contributed by atoms with E-state index in [9.17, 15) is 14.4 Å². The summed E-state index contributed by atoms with van der Waals surface area (Å²) in [5.41, 5.74) is 0.667. The maximum atomic E-state index is 13.1. The number of ether oxygens (including phenoxy) is 2. The summed E-state index contributed by atoms with van der Waals surface area (Å²) in [6.07, 6.45) is 3.02. The lowest BCUT2D eigenvalue weighted by molar-refractivity contribution is -0.123. The molecule has 4 atom stereocenters. The lowest BCUT2D eigenvalue weighted by Gasteiger charge is -2.20. The molecule has 1 saturated heterocycles. The van der Waals surface area contributed by atoms with E-state index in [0.717, 1.165) is 19.3 Å². The Balaban J connectivity index is 1.45. The highest BCUT2D eigenvalue weighted by atomic mass is 16.5. The van der Waals surface area contributed by atoms with Gasteiger partial charge in [-0.1, -0.05) is 18.2 Å². The van der Waals surface area contributed by atoms with Gasteiger partial charge in [0.25, 0.3) is 0 Å².